The summed E-state index contributed by atoms with van der Waals surface area (Å²) in [6.45, 7) is 2.41. The molecule has 6 aliphatic rings. The first-order valence-electron chi connectivity index (χ1n) is 9.87. The molecule has 3 aliphatic heterocycles. The summed E-state index contributed by atoms with van der Waals surface area (Å²) in [7, 11) is 1.56. The standard InChI is InChI=1S/C21H26N2O2/c1-25-17(24)15-13-19-7-4-11-23-12-10-20(18(19)23)14-5-2-3-6-16(14)22-21(15,20)9-8-19/h2-3,5-6,15,18,22H,4,7-13H2,1H3/t15-,18+,19+,20+,21-/m0/s1. The zero-order valence-corrected chi connectivity index (χ0v) is 14.9. The lowest BCUT2D eigenvalue weighted by Crippen LogP contribution is -2.76. The van der Waals surface area contributed by atoms with Gasteiger partial charge in [0, 0.05) is 17.1 Å². The topological polar surface area (TPSA) is 41.6 Å². The van der Waals surface area contributed by atoms with Gasteiger partial charge < -0.3 is 10.1 Å². The van der Waals surface area contributed by atoms with Crippen molar-refractivity contribution in [2.75, 3.05) is 25.5 Å². The lowest BCUT2D eigenvalue weighted by molar-refractivity contribution is -0.171. The van der Waals surface area contributed by atoms with Crippen molar-refractivity contribution in [3.05, 3.63) is 29.8 Å². The van der Waals surface area contributed by atoms with Crippen LogP contribution in [0, 0.1) is 11.3 Å². The fourth-order valence-corrected chi connectivity index (χ4v) is 8.03. The van der Waals surface area contributed by atoms with Crippen LogP contribution in [0.4, 0.5) is 5.69 Å². The zero-order chi connectivity index (χ0) is 16.9. The van der Waals surface area contributed by atoms with E-state index in [2.05, 4.69) is 34.5 Å². The molecule has 0 unspecified atom stereocenters. The van der Waals surface area contributed by atoms with Crippen molar-refractivity contribution in [3.63, 3.8) is 0 Å². The maximum absolute atomic E-state index is 12.9. The zero-order valence-electron chi connectivity index (χ0n) is 14.9. The third kappa shape index (κ3) is 1.38. The maximum Gasteiger partial charge on any atom is 0.311 e. The number of para-hydroxylation sites is 1. The second kappa shape index (κ2) is 4.40. The first-order chi connectivity index (χ1) is 12.2. The molecular formula is C21H26N2O2. The number of nitrogens with one attached hydrogen (secondary N) is 1. The highest BCUT2D eigenvalue weighted by Crippen LogP contribution is 2.74. The number of rotatable bonds is 1. The second-order valence-corrected chi connectivity index (χ2v) is 9.05. The van der Waals surface area contributed by atoms with Crippen molar-refractivity contribution in [2.24, 2.45) is 11.3 Å². The molecule has 3 heterocycles. The molecule has 0 radical (unpaired) electrons. The van der Waals surface area contributed by atoms with E-state index in [4.69, 9.17) is 4.74 Å². The molecular weight excluding hydrogens is 312 g/mol. The van der Waals surface area contributed by atoms with E-state index < -0.39 is 0 Å². The number of benzene rings is 1. The highest BCUT2D eigenvalue weighted by Gasteiger charge is 2.78. The molecule has 2 saturated heterocycles. The van der Waals surface area contributed by atoms with Gasteiger partial charge >= 0.3 is 5.97 Å². The number of nitrogens with zero attached hydrogens (tertiary/aromatic N) is 1. The monoisotopic (exact) mass is 338 g/mol. The fourth-order valence-electron chi connectivity index (χ4n) is 8.03. The number of piperidine rings is 1. The fraction of sp³-hybridized carbons (Fsp3) is 0.667. The number of fused-ring (bicyclic) bond motifs is 3. The number of methoxy groups -OCH3 is 1. The summed E-state index contributed by atoms with van der Waals surface area (Å²) in [4.78, 5) is 15.7. The maximum atomic E-state index is 12.9. The highest BCUT2D eigenvalue weighted by molar-refractivity contribution is 5.80. The van der Waals surface area contributed by atoms with Crippen LogP contribution in [0.15, 0.2) is 24.3 Å². The highest BCUT2D eigenvalue weighted by atomic mass is 16.5. The van der Waals surface area contributed by atoms with Gasteiger partial charge in [-0.15, -0.1) is 0 Å². The molecule has 0 amide bonds. The summed E-state index contributed by atoms with van der Waals surface area (Å²) in [5, 5.41) is 3.92. The molecule has 1 N–H and O–H groups in total. The molecule has 5 fully saturated rings. The largest absolute Gasteiger partial charge is 0.469 e. The van der Waals surface area contributed by atoms with Crippen LogP contribution in [0.1, 0.15) is 44.1 Å². The molecule has 3 aliphatic carbocycles. The van der Waals surface area contributed by atoms with Gasteiger partial charge in [-0.1, -0.05) is 18.2 Å². The SMILES string of the molecule is COC(=O)[C@@H]1C[C@@]23CCCN4CC[C@@]5(c6ccccc6N[C@@]15CC2)[C@H]43. The minimum Gasteiger partial charge on any atom is -0.469 e. The number of hydrogen-bond acceptors (Lipinski definition) is 4. The minimum absolute atomic E-state index is 0.00114. The predicted molar refractivity (Wildman–Crippen MR) is 95.5 cm³/mol. The molecule has 3 saturated carbocycles. The molecule has 1 aromatic rings. The van der Waals surface area contributed by atoms with Crippen LogP contribution in [0.25, 0.3) is 0 Å². The van der Waals surface area contributed by atoms with Crippen LogP contribution in [-0.4, -0.2) is 42.6 Å². The summed E-state index contributed by atoms with van der Waals surface area (Å²) >= 11 is 0. The first-order valence-corrected chi connectivity index (χ1v) is 9.87. The van der Waals surface area contributed by atoms with E-state index in [1.165, 1.54) is 50.0 Å². The van der Waals surface area contributed by atoms with Crippen molar-refractivity contribution in [2.45, 2.75) is 55.5 Å². The lowest BCUT2D eigenvalue weighted by atomic mass is 9.39. The van der Waals surface area contributed by atoms with E-state index in [-0.39, 0.29) is 22.8 Å². The number of anilines is 1. The van der Waals surface area contributed by atoms with E-state index in [9.17, 15) is 4.79 Å². The van der Waals surface area contributed by atoms with Gasteiger partial charge in [0.1, 0.15) is 0 Å². The second-order valence-electron chi connectivity index (χ2n) is 9.05. The Kier molecular flexibility index (Phi) is 2.57. The van der Waals surface area contributed by atoms with Gasteiger partial charge in [0.15, 0.2) is 0 Å². The molecule has 132 valence electrons. The van der Waals surface area contributed by atoms with Crippen molar-refractivity contribution in [3.8, 4) is 0 Å². The van der Waals surface area contributed by atoms with Crippen molar-refractivity contribution in [1.82, 2.24) is 4.90 Å². The average Bonchev–Trinajstić information content (AvgIpc) is 3.19. The van der Waals surface area contributed by atoms with Gasteiger partial charge in [-0.25, -0.2) is 0 Å². The van der Waals surface area contributed by atoms with Crippen LogP contribution in [0.3, 0.4) is 0 Å². The Hall–Kier alpha value is -1.55. The van der Waals surface area contributed by atoms with E-state index in [1.54, 1.807) is 7.11 Å². The van der Waals surface area contributed by atoms with Gasteiger partial charge in [0.25, 0.3) is 0 Å². The van der Waals surface area contributed by atoms with Gasteiger partial charge in [-0.3, -0.25) is 9.69 Å². The summed E-state index contributed by atoms with van der Waals surface area (Å²) < 4.78 is 5.33. The first kappa shape index (κ1) is 14.6. The van der Waals surface area contributed by atoms with Crippen LogP contribution < -0.4 is 5.32 Å². The smallest absolute Gasteiger partial charge is 0.311 e. The average molecular weight is 338 g/mol. The van der Waals surface area contributed by atoms with E-state index in [0.29, 0.717) is 11.5 Å². The predicted octanol–water partition coefficient (Wildman–Crippen LogP) is 2.93. The van der Waals surface area contributed by atoms with Gasteiger partial charge in [-0.05, 0) is 68.7 Å². The van der Waals surface area contributed by atoms with Crippen molar-refractivity contribution < 1.29 is 9.53 Å². The Bertz CT molecular complexity index is 779. The van der Waals surface area contributed by atoms with Crippen molar-refractivity contribution in [1.29, 1.82) is 0 Å². The molecule has 4 nitrogen and oxygen atoms in total. The lowest BCUT2D eigenvalue weighted by Gasteiger charge is -2.69. The number of esters is 1. The van der Waals surface area contributed by atoms with Crippen LogP contribution >= 0.6 is 0 Å². The molecule has 4 heteroatoms. The summed E-state index contributed by atoms with van der Waals surface area (Å²) in [6.07, 6.45) is 7.10. The summed E-state index contributed by atoms with van der Waals surface area (Å²) in [6, 6.07) is 9.45. The number of hydrogen-bond donors (Lipinski definition) is 1. The Labute approximate surface area is 148 Å². The quantitative estimate of drug-likeness (QED) is 0.800. The molecule has 7 rings (SSSR count). The Morgan fingerprint density at radius 3 is 2.96 bits per heavy atom. The Morgan fingerprint density at radius 2 is 2.08 bits per heavy atom. The molecule has 3 spiro atoms. The number of ether oxygens (including phenoxy) is 1. The van der Waals surface area contributed by atoms with E-state index in [0.717, 1.165) is 12.8 Å². The molecule has 0 aromatic heterocycles. The third-order valence-corrected chi connectivity index (χ3v) is 8.60. The number of carbonyl (C=O) groups is 1. The molecule has 2 bridgehead atoms. The van der Waals surface area contributed by atoms with Gasteiger partial charge in [0.05, 0.1) is 18.6 Å². The Balaban J connectivity index is 1.65. The van der Waals surface area contributed by atoms with Crippen LogP contribution in [-0.2, 0) is 14.9 Å². The van der Waals surface area contributed by atoms with E-state index >= 15 is 0 Å². The molecule has 5 atom stereocenters. The summed E-state index contributed by atoms with van der Waals surface area (Å²) in [5.41, 5.74) is 2.97. The third-order valence-electron chi connectivity index (χ3n) is 8.60. The van der Waals surface area contributed by atoms with Gasteiger partial charge in [0.2, 0.25) is 0 Å². The molecule has 1 aromatic carbocycles. The number of carbonyl (C=O) groups excluding carboxylic acids is 1. The normalized spacial score (nSPS) is 46.1. The molecule has 25 heavy (non-hydrogen) atoms. The summed E-state index contributed by atoms with van der Waals surface area (Å²) in [5.74, 6) is -0.0193. The Morgan fingerprint density at radius 1 is 1.20 bits per heavy atom. The van der Waals surface area contributed by atoms with Gasteiger partial charge in [-0.2, -0.15) is 0 Å². The minimum atomic E-state index is -0.151. The van der Waals surface area contributed by atoms with E-state index in [1.807, 2.05) is 0 Å². The van der Waals surface area contributed by atoms with Crippen LogP contribution in [0.5, 0.6) is 0 Å². The van der Waals surface area contributed by atoms with Crippen molar-refractivity contribution >= 4 is 11.7 Å². The van der Waals surface area contributed by atoms with Crippen LogP contribution in [0.2, 0.25) is 0 Å².